The molecule has 4 rings (SSSR count). The molecule has 0 radical (unpaired) electrons. The second-order valence-electron chi connectivity index (χ2n) is 6.79. The summed E-state index contributed by atoms with van der Waals surface area (Å²) in [6, 6.07) is 19.0. The number of halogens is 1. The lowest BCUT2D eigenvalue weighted by molar-refractivity contribution is 0.439. The van der Waals surface area contributed by atoms with Crippen molar-refractivity contribution in [3.05, 3.63) is 90.5 Å². The van der Waals surface area contributed by atoms with Gasteiger partial charge in [-0.15, -0.1) is 24.0 Å². The van der Waals surface area contributed by atoms with E-state index in [1.54, 1.807) is 6.20 Å². The van der Waals surface area contributed by atoms with Gasteiger partial charge in [-0.05, 0) is 29.2 Å². The van der Waals surface area contributed by atoms with Crippen molar-refractivity contribution in [1.29, 1.82) is 0 Å². The topological polar surface area (TPSA) is 45.5 Å². The molecule has 0 atom stereocenters. The maximum atomic E-state index is 4.50. The molecule has 0 amide bonds. The highest BCUT2D eigenvalue weighted by molar-refractivity contribution is 14.0. The molecule has 150 valence electrons. The number of nitrogens with zero attached hydrogens (tertiary/aromatic N) is 4. The highest BCUT2D eigenvalue weighted by Gasteiger charge is 2.16. The van der Waals surface area contributed by atoms with Crippen molar-refractivity contribution in [1.82, 2.24) is 19.8 Å². The minimum Gasteiger partial charge on any atom is -0.352 e. The second-order valence-corrected chi connectivity index (χ2v) is 6.79. The zero-order chi connectivity index (χ0) is 19.2. The number of aromatic nitrogens is 2. The van der Waals surface area contributed by atoms with Gasteiger partial charge in [0.15, 0.2) is 5.96 Å². The molecule has 3 aromatic rings. The summed E-state index contributed by atoms with van der Waals surface area (Å²) in [5.74, 6) is 0.934. The molecule has 2 aromatic carbocycles. The van der Waals surface area contributed by atoms with E-state index in [0.29, 0.717) is 6.54 Å². The minimum absolute atomic E-state index is 0. The Morgan fingerprint density at radius 2 is 1.90 bits per heavy atom. The van der Waals surface area contributed by atoms with Crippen molar-refractivity contribution in [2.24, 2.45) is 4.99 Å². The van der Waals surface area contributed by atoms with Gasteiger partial charge in [0.05, 0.1) is 12.0 Å². The highest BCUT2D eigenvalue weighted by Crippen LogP contribution is 2.22. The third kappa shape index (κ3) is 5.06. The molecule has 0 spiro atoms. The van der Waals surface area contributed by atoms with Crippen LogP contribution in [0, 0.1) is 0 Å². The van der Waals surface area contributed by atoms with Crippen LogP contribution in [0.3, 0.4) is 0 Å². The van der Waals surface area contributed by atoms with Crippen LogP contribution >= 0.6 is 24.0 Å². The van der Waals surface area contributed by atoms with Gasteiger partial charge in [-0.1, -0.05) is 54.6 Å². The summed E-state index contributed by atoms with van der Waals surface area (Å²) in [4.78, 5) is 11.0. The Morgan fingerprint density at radius 1 is 1.10 bits per heavy atom. The average Bonchev–Trinajstić information content (AvgIpc) is 3.30. The number of hydrogen-bond donors (Lipinski definition) is 1. The lowest BCUT2D eigenvalue weighted by atomic mass is 10.00. The minimum atomic E-state index is 0. The molecule has 1 aromatic heterocycles. The highest BCUT2D eigenvalue weighted by atomic mass is 127. The van der Waals surface area contributed by atoms with Gasteiger partial charge in [0.1, 0.15) is 0 Å². The normalized spacial score (nSPS) is 14.2. The molecule has 0 fully saturated rings. The molecule has 6 heteroatoms. The van der Waals surface area contributed by atoms with Crippen LogP contribution in [0.15, 0.2) is 84.4 Å². The summed E-state index contributed by atoms with van der Waals surface area (Å²) >= 11 is 0. The Bertz CT molecular complexity index is 964. The number of aliphatic imine (C=N–C) groups is 1. The van der Waals surface area contributed by atoms with Crippen LogP contribution in [0.1, 0.15) is 17.5 Å². The molecular weight excluding hydrogens is 473 g/mol. The molecule has 0 aliphatic carbocycles. The van der Waals surface area contributed by atoms with Crippen LogP contribution in [0.5, 0.6) is 0 Å². The number of rotatable bonds is 4. The summed E-state index contributed by atoms with van der Waals surface area (Å²) in [5.41, 5.74) is 5.07. The largest absolute Gasteiger partial charge is 0.352 e. The van der Waals surface area contributed by atoms with Crippen molar-refractivity contribution >= 4 is 35.5 Å². The first-order valence-corrected chi connectivity index (χ1v) is 9.61. The number of para-hydroxylation sites is 1. The van der Waals surface area contributed by atoms with Crippen molar-refractivity contribution in [2.75, 3.05) is 20.1 Å². The predicted molar refractivity (Wildman–Crippen MR) is 130 cm³/mol. The van der Waals surface area contributed by atoms with Gasteiger partial charge in [-0.3, -0.25) is 4.99 Å². The van der Waals surface area contributed by atoms with Crippen LogP contribution in [0.25, 0.3) is 11.3 Å². The number of imidazole rings is 1. The third-order valence-corrected chi connectivity index (χ3v) is 5.08. The summed E-state index contributed by atoms with van der Waals surface area (Å²) in [7, 11) is 1.85. The zero-order valence-corrected chi connectivity index (χ0v) is 18.9. The number of benzene rings is 2. The molecule has 2 heterocycles. The average molecular weight is 499 g/mol. The monoisotopic (exact) mass is 499 g/mol. The second kappa shape index (κ2) is 10.2. The van der Waals surface area contributed by atoms with Crippen LogP contribution in [-0.4, -0.2) is 40.5 Å². The Kier molecular flexibility index (Phi) is 7.46. The van der Waals surface area contributed by atoms with Crippen molar-refractivity contribution in [3.63, 3.8) is 0 Å². The molecule has 5 nitrogen and oxygen atoms in total. The van der Waals surface area contributed by atoms with Crippen LogP contribution in [-0.2, 0) is 6.54 Å². The summed E-state index contributed by atoms with van der Waals surface area (Å²) in [5, 5.41) is 3.53. The molecule has 1 aliphatic rings. The molecule has 0 saturated carbocycles. The van der Waals surface area contributed by atoms with Crippen LogP contribution in [0.2, 0.25) is 0 Å². The van der Waals surface area contributed by atoms with Gasteiger partial charge < -0.3 is 14.8 Å². The number of guanidine groups is 1. The van der Waals surface area contributed by atoms with Gasteiger partial charge >= 0.3 is 0 Å². The Morgan fingerprint density at radius 3 is 2.59 bits per heavy atom. The maximum Gasteiger partial charge on any atom is 0.194 e. The Hall–Kier alpha value is -2.61. The van der Waals surface area contributed by atoms with E-state index in [2.05, 4.69) is 74.8 Å². The molecule has 29 heavy (non-hydrogen) atoms. The third-order valence-electron chi connectivity index (χ3n) is 5.08. The number of hydrogen-bond acceptors (Lipinski definition) is 2. The van der Waals surface area contributed by atoms with Gasteiger partial charge in [0.25, 0.3) is 0 Å². The summed E-state index contributed by atoms with van der Waals surface area (Å²) in [6.07, 6.45) is 8.93. The molecule has 1 aliphatic heterocycles. The molecule has 1 N–H and O–H groups in total. The van der Waals surface area contributed by atoms with E-state index < -0.39 is 0 Å². The SMILES string of the molecule is CN=C(NCc1ccccc1-n1ccnc1)N1CC=C(c2ccccc2)CC1.I. The summed E-state index contributed by atoms with van der Waals surface area (Å²) in [6.45, 7) is 2.55. The summed E-state index contributed by atoms with van der Waals surface area (Å²) < 4.78 is 2.04. The van der Waals surface area contributed by atoms with Gasteiger partial charge in [-0.25, -0.2) is 4.98 Å². The van der Waals surface area contributed by atoms with Crippen molar-refractivity contribution < 1.29 is 0 Å². The predicted octanol–water partition coefficient (Wildman–Crippen LogP) is 4.36. The lowest BCUT2D eigenvalue weighted by Gasteiger charge is -2.30. The Labute approximate surface area is 189 Å². The van der Waals surface area contributed by atoms with Crippen LogP contribution < -0.4 is 5.32 Å². The van der Waals surface area contributed by atoms with Crippen molar-refractivity contribution in [3.8, 4) is 5.69 Å². The van der Waals surface area contributed by atoms with Gasteiger partial charge in [-0.2, -0.15) is 0 Å². The van der Waals surface area contributed by atoms with E-state index in [1.807, 2.05) is 30.2 Å². The van der Waals surface area contributed by atoms with E-state index in [1.165, 1.54) is 16.7 Å². The van der Waals surface area contributed by atoms with Gasteiger partial charge in [0, 0.05) is 39.1 Å². The Balaban J connectivity index is 0.00000240. The van der Waals surface area contributed by atoms with E-state index in [4.69, 9.17) is 0 Å². The number of nitrogens with one attached hydrogen (secondary N) is 1. The first-order valence-electron chi connectivity index (χ1n) is 9.61. The quantitative estimate of drug-likeness (QED) is 0.330. The van der Waals surface area contributed by atoms with Gasteiger partial charge in [0.2, 0.25) is 0 Å². The van der Waals surface area contributed by atoms with E-state index >= 15 is 0 Å². The first kappa shape index (κ1) is 21.1. The fourth-order valence-electron chi connectivity index (χ4n) is 3.60. The van der Waals surface area contributed by atoms with E-state index in [0.717, 1.165) is 31.2 Å². The molecule has 0 saturated heterocycles. The van der Waals surface area contributed by atoms with E-state index in [9.17, 15) is 0 Å². The first-order chi connectivity index (χ1) is 13.8. The maximum absolute atomic E-state index is 4.50. The fourth-order valence-corrected chi connectivity index (χ4v) is 3.60. The molecule has 0 bridgehead atoms. The molecule has 0 unspecified atom stereocenters. The standard InChI is InChI=1S/C23H25N5.HI/c1-24-23(27-14-11-20(12-15-27)19-7-3-2-4-8-19)26-17-21-9-5-6-10-22(21)28-16-13-25-18-28;/h2-11,13,16,18H,12,14-15,17H2,1H3,(H,24,26);1H. The van der Waals surface area contributed by atoms with E-state index in [-0.39, 0.29) is 24.0 Å². The zero-order valence-electron chi connectivity index (χ0n) is 16.5. The van der Waals surface area contributed by atoms with Crippen LogP contribution in [0.4, 0.5) is 0 Å². The fraction of sp³-hybridized carbons (Fsp3) is 0.217. The lowest BCUT2D eigenvalue weighted by Crippen LogP contribution is -2.43. The van der Waals surface area contributed by atoms with Crippen molar-refractivity contribution in [2.45, 2.75) is 13.0 Å². The molecular formula is C23H26IN5. The smallest absolute Gasteiger partial charge is 0.194 e.